The van der Waals surface area contributed by atoms with Gasteiger partial charge in [0, 0.05) is 39.9 Å². The Bertz CT molecular complexity index is 397. The average molecular weight is 276 g/mol. The Kier molecular flexibility index (Phi) is 4.54. The molecule has 0 amide bonds. The van der Waals surface area contributed by atoms with E-state index in [1.807, 2.05) is 0 Å². The van der Waals surface area contributed by atoms with E-state index in [9.17, 15) is 8.60 Å². The summed E-state index contributed by atoms with van der Waals surface area (Å²) >= 11 is 5.78. The molecule has 2 nitrogen and oxygen atoms in total. The highest BCUT2D eigenvalue weighted by atomic mass is 35.5. The van der Waals surface area contributed by atoms with Crippen molar-refractivity contribution < 1.29 is 8.60 Å². The highest BCUT2D eigenvalue weighted by Gasteiger charge is 2.17. The predicted molar refractivity (Wildman–Crippen MR) is 69.1 cm³/mol. The molecule has 94 valence electrons. The minimum absolute atomic E-state index is 0.306. The van der Waals surface area contributed by atoms with E-state index >= 15 is 0 Å². The van der Waals surface area contributed by atoms with Gasteiger partial charge in [0.1, 0.15) is 5.82 Å². The molecule has 17 heavy (non-hydrogen) atoms. The summed E-state index contributed by atoms with van der Waals surface area (Å²) < 4.78 is 24.3. The molecule has 1 aliphatic heterocycles. The van der Waals surface area contributed by atoms with Gasteiger partial charge < -0.3 is 5.32 Å². The first-order chi connectivity index (χ1) is 8.13. The zero-order chi connectivity index (χ0) is 12.3. The van der Waals surface area contributed by atoms with Gasteiger partial charge in [-0.3, -0.25) is 4.21 Å². The van der Waals surface area contributed by atoms with E-state index in [1.54, 1.807) is 6.07 Å². The maximum Gasteiger partial charge on any atom is 0.125 e. The van der Waals surface area contributed by atoms with Gasteiger partial charge in [0.25, 0.3) is 0 Å². The quantitative estimate of drug-likeness (QED) is 0.918. The lowest BCUT2D eigenvalue weighted by atomic mass is 10.1. The van der Waals surface area contributed by atoms with E-state index < -0.39 is 10.8 Å². The van der Waals surface area contributed by atoms with Gasteiger partial charge in [-0.2, -0.15) is 0 Å². The lowest BCUT2D eigenvalue weighted by molar-refractivity contribution is 0.474. The molecule has 5 heteroatoms. The highest BCUT2D eigenvalue weighted by molar-refractivity contribution is 7.85. The van der Waals surface area contributed by atoms with Crippen LogP contribution in [-0.4, -0.2) is 21.8 Å². The Hall–Kier alpha value is -0.450. The minimum atomic E-state index is -0.637. The second-order valence-corrected chi connectivity index (χ2v) is 6.41. The fourth-order valence-corrected chi connectivity index (χ4v) is 3.52. The largest absolute Gasteiger partial charge is 0.310 e. The molecule has 1 N–H and O–H groups in total. The normalized spacial score (nSPS) is 24.8. The van der Waals surface area contributed by atoms with E-state index in [1.165, 1.54) is 12.1 Å². The zero-order valence-corrected chi connectivity index (χ0v) is 11.0. The first-order valence-electron chi connectivity index (χ1n) is 5.67. The van der Waals surface area contributed by atoms with Crippen LogP contribution in [0.15, 0.2) is 18.2 Å². The van der Waals surface area contributed by atoms with Crippen molar-refractivity contribution >= 4 is 22.4 Å². The third-order valence-electron chi connectivity index (χ3n) is 2.91. The van der Waals surface area contributed by atoms with Gasteiger partial charge in [-0.15, -0.1) is 0 Å². The maximum atomic E-state index is 13.1. The molecule has 0 unspecified atom stereocenters. The third kappa shape index (κ3) is 4.05. The lowest BCUT2D eigenvalue weighted by Gasteiger charge is -2.22. The van der Waals surface area contributed by atoms with E-state index in [0.29, 0.717) is 17.6 Å². The van der Waals surface area contributed by atoms with Crippen LogP contribution in [0.5, 0.6) is 0 Å². The Morgan fingerprint density at radius 3 is 2.71 bits per heavy atom. The van der Waals surface area contributed by atoms with Gasteiger partial charge in [-0.05, 0) is 36.6 Å². The fraction of sp³-hybridized carbons (Fsp3) is 0.500. The molecular weight excluding hydrogens is 261 g/mol. The standard InChI is InChI=1S/C12H15ClFNOS/c13-10-5-9(6-11(14)7-10)8-15-12-1-3-17(16)4-2-12/h5-7,12,15H,1-4,8H2. The molecule has 0 aromatic heterocycles. The summed E-state index contributed by atoms with van der Waals surface area (Å²) in [4.78, 5) is 0. The Morgan fingerprint density at radius 2 is 2.06 bits per heavy atom. The molecule has 0 saturated carbocycles. The molecule has 1 aromatic carbocycles. The Balaban J connectivity index is 1.87. The summed E-state index contributed by atoms with van der Waals surface area (Å²) in [5, 5.41) is 3.78. The van der Waals surface area contributed by atoms with Crippen LogP contribution in [0.1, 0.15) is 18.4 Å². The molecule has 2 rings (SSSR count). The smallest absolute Gasteiger partial charge is 0.125 e. The molecule has 1 saturated heterocycles. The SMILES string of the molecule is O=S1CCC(NCc2cc(F)cc(Cl)c2)CC1. The van der Waals surface area contributed by atoms with Gasteiger partial charge in [-0.25, -0.2) is 4.39 Å². The van der Waals surface area contributed by atoms with Crippen LogP contribution < -0.4 is 5.32 Å². The zero-order valence-electron chi connectivity index (χ0n) is 9.42. The van der Waals surface area contributed by atoms with Crippen molar-refractivity contribution in [1.82, 2.24) is 5.32 Å². The van der Waals surface area contributed by atoms with Crippen molar-refractivity contribution in [2.75, 3.05) is 11.5 Å². The van der Waals surface area contributed by atoms with E-state index in [-0.39, 0.29) is 5.82 Å². The number of hydrogen-bond donors (Lipinski definition) is 1. The number of hydrogen-bond acceptors (Lipinski definition) is 2. The number of halogens is 2. The monoisotopic (exact) mass is 275 g/mol. The highest BCUT2D eigenvalue weighted by Crippen LogP contribution is 2.15. The van der Waals surface area contributed by atoms with Crippen molar-refractivity contribution in [2.24, 2.45) is 0 Å². The van der Waals surface area contributed by atoms with E-state index in [0.717, 1.165) is 29.9 Å². The second kappa shape index (κ2) is 5.94. The van der Waals surface area contributed by atoms with Crippen LogP contribution >= 0.6 is 11.6 Å². The molecule has 0 aliphatic carbocycles. The van der Waals surface area contributed by atoms with E-state index in [2.05, 4.69) is 5.32 Å². The maximum absolute atomic E-state index is 13.1. The Morgan fingerprint density at radius 1 is 1.35 bits per heavy atom. The van der Waals surface area contributed by atoms with Gasteiger partial charge in [-0.1, -0.05) is 11.6 Å². The average Bonchev–Trinajstić information content (AvgIpc) is 2.27. The lowest BCUT2D eigenvalue weighted by Crippen LogP contribution is -2.35. The van der Waals surface area contributed by atoms with Gasteiger partial charge >= 0.3 is 0 Å². The van der Waals surface area contributed by atoms with Crippen LogP contribution in [0, 0.1) is 5.82 Å². The number of nitrogens with one attached hydrogen (secondary N) is 1. The molecule has 0 bridgehead atoms. The molecule has 0 radical (unpaired) electrons. The van der Waals surface area contributed by atoms with Crippen LogP contribution in [0.3, 0.4) is 0 Å². The van der Waals surface area contributed by atoms with Crippen LogP contribution in [-0.2, 0) is 17.3 Å². The summed E-state index contributed by atoms with van der Waals surface area (Å²) in [6.07, 6.45) is 1.85. The van der Waals surface area contributed by atoms with Crippen molar-refractivity contribution in [3.05, 3.63) is 34.6 Å². The first-order valence-corrected chi connectivity index (χ1v) is 7.53. The van der Waals surface area contributed by atoms with Crippen LogP contribution in [0.25, 0.3) is 0 Å². The molecule has 1 aliphatic rings. The molecular formula is C12H15ClFNOS. The van der Waals surface area contributed by atoms with Crippen LogP contribution in [0.2, 0.25) is 5.02 Å². The topological polar surface area (TPSA) is 29.1 Å². The predicted octanol–water partition coefficient (Wildman–Crippen LogP) is 2.48. The number of rotatable bonds is 3. The summed E-state index contributed by atoms with van der Waals surface area (Å²) in [6.45, 7) is 0.606. The second-order valence-electron chi connectivity index (χ2n) is 4.28. The third-order valence-corrected chi connectivity index (χ3v) is 4.51. The summed E-state index contributed by atoms with van der Waals surface area (Å²) in [5.41, 5.74) is 0.849. The summed E-state index contributed by atoms with van der Waals surface area (Å²) in [6, 6.07) is 4.93. The first kappa shape index (κ1) is 13.0. The number of benzene rings is 1. The van der Waals surface area contributed by atoms with Crippen LogP contribution in [0.4, 0.5) is 4.39 Å². The van der Waals surface area contributed by atoms with Crippen molar-refractivity contribution in [1.29, 1.82) is 0 Å². The van der Waals surface area contributed by atoms with Crippen molar-refractivity contribution in [3.8, 4) is 0 Å². The van der Waals surface area contributed by atoms with E-state index in [4.69, 9.17) is 11.6 Å². The fourth-order valence-electron chi connectivity index (χ4n) is 1.97. The van der Waals surface area contributed by atoms with Gasteiger partial charge in [0.05, 0.1) is 0 Å². The minimum Gasteiger partial charge on any atom is -0.310 e. The molecule has 0 atom stereocenters. The molecule has 1 heterocycles. The van der Waals surface area contributed by atoms with Gasteiger partial charge in [0.15, 0.2) is 0 Å². The molecule has 0 spiro atoms. The van der Waals surface area contributed by atoms with Gasteiger partial charge in [0.2, 0.25) is 0 Å². The summed E-state index contributed by atoms with van der Waals surface area (Å²) in [5.74, 6) is 1.22. The van der Waals surface area contributed by atoms with Crippen molar-refractivity contribution in [2.45, 2.75) is 25.4 Å². The Labute approximate surface area is 108 Å². The molecule has 1 fully saturated rings. The molecule has 1 aromatic rings. The summed E-state index contributed by atoms with van der Waals surface area (Å²) in [7, 11) is -0.637. The van der Waals surface area contributed by atoms with Crippen molar-refractivity contribution in [3.63, 3.8) is 0 Å².